The van der Waals surface area contributed by atoms with E-state index < -0.39 is 18.5 Å². The standard InChI is InChI=1S/C9H18O5/c1-5-7(11-2)8(12-3)6(10)9(13-4)14-5/h5-10H,1-4H3/t5-,6+,7-,8-,9+/m0/s1. The first kappa shape index (κ1) is 11.9. The molecule has 1 N–H and O–H groups in total. The molecule has 0 amide bonds. The van der Waals surface area contributed by atoms with Gasteiger partial charge in [-0.2, -0.15) is 0 Å². The lowest BCUT2D eigenvalue weighted by Crippen LogP contribution is -2.58. The van der Waals surface area contributed by atoms with E-state index in [9.17, 15) is 5.11 Å². The maximum atomic E-state index is 9.79. The van der Waals surface area contributed by atoms with Crippen molar-refractivity contribution in [1.82, 2.24) is 0 Å². The highest BCUT2D eigenvalue weighted by atomic mass is 16.7. The van der Waals surface area contributed by atoms with E-state index >= 15 is 0 Å². The lowest BCUT2D eigenvalue weighted by molar-refractivity contribution is -0.293. The number of methoxy groups -OCH3 is 3. The summed E-state index contributed by atoms with van der Waals surface area (Å²) < 4.78 is 20.8. The Labute approximate surface area is 83.9 Å². The summed E-state index contributed by atoms with van der Waals surface area (Å²) in [5, 5.41) is 9.79. The molecule has 0 unspecified atom stereocenters. The van der Waals surface area contributed by atoms with Gasteiger partial charge in [0.1, 0.15) is 18.3 Å². The average Bonchev–Trinajstić information content (AvgIpc) is 2.20. The Morgan fingerprint density at radius 3 is 2.00 bits per heavy atom. The Bertz CT molecular complexity index is 175. The van der Waals surface area contributed by atoms with Crippen LogP contribution in [0.25, 0.3) is 0 Å². The Kier molecular flexibility index (Phi) is 4.28. The molecule has 5 nitrogen and oxygen atoms in total. The monoisotopic (exact) mass is 206 g/mol. The second kappa shape index (κ2) is 5.04. The summed E-state index contributed by atoms with van der Waals surface area (Å²) in [7, 11) is 4.58. The summed E-state index contributed by atoms with van der Waals surface area (Å²) >= 11 is 0. The molecule has 1 fully saturated rings. The molecular formula is C9H18O5. The van der Waals surface area contributed by atoms with Crippen LogP contribution in [0, 0.1) is 0 Å². The third kappa shape index (κ3) is 2.07. The molecule has 1 saturated heterocycles. The minimum Gasteiger partial charge on any atom is -0.385 e. The van der Waals surface area contributed by atoms with Crippen molar-refractivity contribution < 1.29 is 24.1 Å². The normalized spacial score (nSPS) is 43.9. The van der Waals surface area contributed by atoms with Gasteiger partial charge in [-0.25, -0.2) is 0 Å². The molecule has 1 aliphatic rings. The number of hydrogen-bond donors (Lipinski definition) is 1. The third-order valence-corrected chi connectivity index (χ3v) is 2.53. The number of aliphatic hydroxyl groups is 1. The van der Waals surface area contributed by atoms with Gasteiger partial charge in [0.25, 0.3) is 0 Å². The number of aliphatic hydroxyl groups excluding tert-OH is 1. The molecule has 0 aromatic rings. The maximum Gasteiger partial charge on any atom is 0.186 e. The van der Waals surface area contributed by atoms with Gasteiger partial charge in [0.2, 0.25) is 0 Å². The van der Waals surface area contributed by atoms with Gasteiger partial charge in [0, 0.05) is 21.3 Å². The zero-order valence-corrected chi connectivity index (χ0v) is 8.97. The molecule has 0 aromatic carbocycles. The van der Waals surface area contributed by atoms with Crippen LogP contribution in [0.3, 0.4) is 0 Å². The smallest absolute Gasteiger partial charge is 0.186 e. The molecular weight excluding hydrogens is 188 g/mol. The van der Waals surface area contributed by atoms with Gasteiger partial charge in [-0.05, 0) is 6.92 Å². The first-order valence-electron chi connectivity index (χ1n) is 4.57. The highest BCUT2D eigenvalue weighted by Gasteiger charge is 2.44. The van der Waals surface area contributed by atoms with Gasteiger partial charge in [0.15, 0.2) is 6.29 Å². The van der Waals surface area contributed by atoms with E-state index in [0.717, 1.165) is 0 Å². The molecule has 84 valence electrons. The molecule has 1 rings (SSSR count). The molecule has 0 aromatic heterocycles. The fourth-order valence-electron chi connectivity index (χ4n) is 1.78. The predicted octanol–water partition coefficient (Wildman–Crippen LogP) is -0.232. The van der Waals surface area contributed by atoms with Crippen molar-refractivity contribution in [2.45, 2.75) is 37.6 Å². The Morgan fingerprint density at radius 1 is 1.00 bits per heavy atom. The molecule has 0 bridgehead atoms. The van der Waals surface area contributed by atoms with E-state index in [2.05, 4.69) is 0 Å². The molecule has 1 heterocycles. The number of rotatable bonds is 3. The molecule has 0 aliphatic carbocycles. The zero-order valence-electron chi connectivity index (χ0n) is 8.97. The predicted molar refractivity (Wildman–Crippen MR) is 48.9 cm³/mol. The molecule has 5 heteroatoms. The molecule has 0 radical (unpaired) electrons. The van der Waals surface area contributed by atoms with Crippen molar-refractivity contribution in [3.8, 4) is 0 Å². The van der Waals surface area contributed by atoms with Crippen LogP contribution < -0.4 is 0 Å². The lowest BCUT2D eigenvalue weighted by Gasteiger charge is -2.41. The van der Waals surface area contributed by atoms with Crippen LogP contribution in [-0.2, 0) is 18.9 Å². The first-order valence-corrected chi connectivity index (χ1v) is 4.57. The summed E-state index contributed by atoms with van der Waals surface area (Å²) in [5.41, 5.74) is 0. The van der Waals surface area contributed by atoms with Crippen molar-refractivity contribution >= 4 is 0 Å². The minimum atomic E-state index is -0.828. The van der Waals surface area contributed by atoms with Gasteiger partial charge < -0.3 is 24.1 Å². The highest BCUT2D eigenvalue weighted by molar-refractivity contribution is 4.89. The minimum absolute atomic E-state index is 0.168. The van der Waals surface area contributed by atoms with Gasteiger partial charge in [-0.15, -0.1) is 0 Å². The molecule has 1 aliphatic heterocycles. The molecule has 5 atom stereocenters. The van der Waals surface area contributed by atoms with Crippen LogP contribution >= 0.6 is 0 Å². The van der Waals surface area contributed by atoms with E-state index in [-0.39, 0.29) is 12.2 Å². The second-order valence-electron chi connectivity index (χ2n) is 3.34. The van der Waals surface area contributed by atoms with Gasteiger partial charge in [-0.3, -0.25) is 0 Å². The SMILES string of the molecule is CO[C@@H]1O[C@@H](C)[C@H](OC)[C@@H](OC)[C@H]1O. The van der Waals surface area contributed by atoms with Crippen molar-refractivity contribution in [3.63, 3.8) is 0 Å². The lowest BCUT2D eigenvalue weighted by atomic mass is 9.99. The second-order valence-corrected chi connectivity index (χ2v) is 3.34. The van der Waals surface area contributed by atoms with Gasteiger partial charge in [0.05, 0.1) is 6.10 Å². The molecule has 0 saturated carbocycles. The van der Waals surface area contributed by atoms with E-state index in [0.29, 0.717) is 0 Å². The van der Waals surface area contributed by atoms with Crippen LogP contribution in [0.4, 0.5) is 0 Å². The summed E-state index contributed by atoms with van der Waals surface area (Å²) in [6, 6.07) is 0. The Morgan fingerprint density at radius 2 is 1.57 bits per heavy atom. The van der Waals surface area contributed by atoms with Crippen LogP contribution in [0.5, 0.6) is 0 Å². The first-order chi connectivity index (χ1) is 6.65. The Hall–Kier alpha value is -0.200. The largest absolute Gasteiger partial charge is 0.385 e. The number of hydrogen-bond acceptors (Lipinski definition) is 5. The van der Waals surface area contributed by atoms with E-state index in [4.69, 9.17) is 18.9 Å². The van der Waals surface area contributed by atoms with Crippen molar-refractivity contribution in [1.29, 1.82) is 0 Å². The Balaban J connectivity index is 2.73. The quantitative estimate of drug-likeness (QED) is 0.691. The topological polar surface area (TPSA) is 57.2 Å². The highest BCUT2D eigenvalue weighted by Crippen LogP contribution is 2.24. The van der Waals surface area contributed by atoms with Gasteiger partial charge in [-0.1, -0.05) is 0 Å². The summed E-state index contributed by atoms with van der Waals surface area (Å²) in [4.78, 5) is 0. The van der Waals surface area contributed by atoms with Crippen molar-refractivity contribution in [2.75, 3.05) is 21.3 Å². The van der Waals surface area contributed by atoms with Crippen LogP contribution in [-0.4, -0.2) is 57.1 Å². The zero-order chi connectivity index (χ0) is 10.7. The molecule has 14 heavy (non-hydrogen) atoms. The number of ether oxygens (including phenoxy) is 4. The van der Waals surface area contributed by atoms with E-state index in [1.165, 1.54) is 14.2 Å². The fraction of sp³-hybridized carbons (Fsp3) is 1.00. The maximum absolute atomic E-state index is 9.79. The summed E-state index contributed by atoms with van der Waals surface area (Å²) in [6.07, 6.45) is -2.35. The van der Waals surface area contributed by atoms with E-state index in [1.54, 1.807) is 7.11 Å². The average molecular weight is 206 g/mol. The van der Waals surface area contributed by atoms with Crippen LogP contribution in [0.1, 0.15) is 6.92 Å². The third-order valence-electron chi connectivity index (χ3n) is 2.53. The fourth-order valence-corrected chi connectivity index (χ4v) is 1.78. The molecule has 0 spiro atoms. The van der Waals surface area contributed by atoms with Crippen molar-refractivity contribution in [3.05, 3.63) is 0 Å². The van der Waals surface area contributed by atoms with Crippen LogP contribution in [0.2, 0.25) is 0 Å². The van der Waals surface area contributed by atoms with Crippen molar-refractivity contribution in [2.24, 2.45) is 0 Å². The summed E-state index contributed by atoms with van der Waals surface area (Å²) in [6.45, 7) is 1.86. The van der Waals surface area contributed by atoms with Gasteiger partial charge >= 0.3 is 0 Å². The van der Waals surface area contributed by atoms with E-state index in [1.807, 2.05) is 6.92 Å². The van der Waals surface area contributed by atoms with Crippen LogP contribution in [0.15, 0.2) is 0 Å². The summed E-state index contributed by atoms with van der Waals surface area (Å²) in [5.74, 6) is 0.